The van der Waals surface area contributed by atoms with Gasteiger partial charge in [0.05, 0.1) is 25.4 Å². The molecule has 0 spiro atoms. The highest BCUT2D eigenvalue weighted by molar-refractivity contribution is 7.47. The molecule has 0 aromatic rings. The van der Waals surface area contributed by atoms with Gasteiger partial charge in [0.1, 0.15) is 0 Å². The molecular formula is C44H91N2O6P. The minimum Gasteiger partial charge on any atom is -0.391 e. The van der Waals surface area contributed by atoms with Crippen LogP contribution in [-0.4, -0.2) is 47.8 Å². The molecule has 9 heteroatoms. The zero-order chi connectivity index (χ0) is 38.9. The Balaban J connectivity index is 3.99. The summed E-state index contributed by atoms with van der Waals surface area (Å²) in [7, 11) is -4.31. The second-order valence-corrected chi connectivity index (χ2v) is 17.4. The molecule has 0 saturated heterocycles. The van der Waals surface area contributed by atoms with E-state index in [9.17, 15) is 19.4 Å². The van der Waals surface area contributed by atoms with Crippen LogP contribution in [0, 0.1) is 0 Å². The van der Waals surface area contributed by atoms with Gasteiger partial charge < -0.3 is 21.1 Å². The van der Waals surface area contributed by atoms with Crippen molar-refractivity contribution in [2.24, 2.45) is 5.73 Å². The lowest BCUT2D eigenvalue weighted by Crippen LogP contribution is -2.46. The smallest absolute Gasteiger partial charge is 0.391 e. The topological polar surface area (TPSA) is 131 Å². The van der Waals surface area contributed by atoms with Gasteiger partial charge in [-0.1, -0.05) is 226 Å². The molecule has 0 fully saturated rings. The van der Waals surface area contributed by atoms with Gasteiger partial charge in [-0.2, -0.15) is 0 Å². The van der Waals surface area contributed by atoms with Gasteiger partial charge in [0.2, 0.25) is 5.91 Å². The van der Waals surface area contributed by atoms with E-state index in [1.54, 1.807) is 0 Å². The fourth-order valence-electron chi connectivity index (χ4n) is 7.20. The van der Waals surface area contributed by atoms with Crippen LogP contribution in [0.4, 0.5) is 0 Å². The summed E-state index contributed by atoms with van der Waals surface area (Å²) in [6.45, 7) is 4.23. The summed E-state index contributed by atoms with van der Waals surface area (Å²) < 4.78 is 22.2. The molecule has 0 heterocycles. The number of unbranched alkanes of at least 4 members (excludes halogenated alkanes) is 32. The van der Waals surface area contributed by atoms with Gasteiger partial charge >= 0.3 is 7.82 Å². The number of hydrogen-bond donors (Lipinski definition) is 4. The Hall–Kier alpha value is -0.500. The SMILES string of the molecule is CCCCCCCCCCCCCCCCCCCCCCCCC(=O)NC(COP(=O)(O)OCCN)C(O)CCCCCCCCCCCCCC. The second kappa shape index (κ2) is 41.1. The van der Waals surface area contributed by atoms with E-state index in [4.69, 9.17) is 14.8 Å². The van der Waals surface area contributed by atoms with E-state index < -0.39 is 20.0 Å². The molecule has 1 amide bonds. The van der Waals surface area contributed by atoms with E-state index in [0.29, 0.717) is 12.8 Å². The van der Waals surface area contributed by atoms with Crippen molar-refractivity contribution in [1.82, 2.24) is 5.32 Å². The zero-order valence-electron chi connectivity index (χ0n) is 35.3. The molecule has 318 valence electrons. The lowest BCUT2D eigenvalue weighted by atomic mass is 10.0. The highest BCUT2D eigenvalue weighted by Gasteiger charge is 2.27. The van der Waals surface area contributed by atoms with E-state index in [1.165, 1.54) is 180 Å². The highest BCUT2D eigenvalue weighted by Crippen LogP contribution is 2.43. The maximum Gasteiger partial charge on any atom is 0.472 e. The van der Waals surface area contributed by atoms with Gasteiger partial charge in [-0.25, -0.2) is 4.57 Å². The largest absolute Gasteiger partial charge is 0.472 e. The number of phosphoric ester groups is 1. The third-order valence-electron chi connectivity index (χ3n) is 10.7. The molecule has 0 saturated carbocycles. The predicted molar refractivity (Wildman–Crippen MR) is 226 cm³/mol. The normalized spacial score (nSPS) is 14.0. The van der Waals surface area contributed by atoms with Crippen LogP contribution in [0.15, 0.2) is 0 Å². The Morgan fingerprint density at radius 1 is 0.547 bits per heavy atom. The minimum atomic E-state index is -4.31. The number of hydrogen-bond acceptors (Lipinski definition) is 6. The number of aliphatic hydroxyl groups is 1. The lowest BCUT2D eigenvalue weighted by Gasteiger charge is -2.25. The Morgan fingerprint density at radius 3 is 1.21 bits per heavy atom. The first kappa shape index (κ1) is 52.5. The Kier molecular flexibility index (Phi) is 40.8. The van der Waals surface area contributed by atoms with Crippen molar-refractivity contribution < 1.29 is 28.4 Å². The number of carbonyl (C=O) groups is 1. The molecule has 0 aromatic carbocycles. The van der Waals surface area contributed by atoms with Crippen molar-refractivity contribution in [3.05, 3.63) is 0 Å². The zero-order valence-corrected chi connectivity index (χ0v) is 36.2. The fraction of sp³-hybridized carbons (Fsp3) is 0.977. The maximum absolute atomic E-state index is 12.8. The van der Waals surface area contributed by atoms with Crippen molar-refractivity contribution in [2.75, 3.05) is 19.8 Å². The summed E-state index contributed by atoms with van der Waals surface area (Å²) in [5, 5.41) is 13.8. The van der Waals surface area contributed by atoms with Crippen LogP contribution in [0.25, 0.3) is 0 Å². The number of carbonyl (C=O) groups excluding carboxylic acids is 1. The number of nitrogens with two attached hydrogens (primary N) is 1. The molecule has 8 nitrogen and oxygen atoms in total. The molecule has 0 aliphatic heterocycles. The van der Waals surface area contributed by atoms with Crippen LogP contribution in [-0.2, 0) is 18.4 Å². The first-order valence-corrected chi connectivity index (χ1v) is 24.6. The molecule has 0 aliphatic rings. The van der Waals surface area contributed by atoms with E-state index in [-0.39, 0.29) is 25.7 Å². The molecule has 0 aromatic heterocycles. The summed E-state index contributed by atoms with van der Waals surface area (Å²) in [6.07, 6.45) is 44.0. The van der Waals surface area contributed by atoms with Crippen LogP contribution in [0.3, 0.4) is 0 Å². The summed E-state index contributed by atoms with van der Waals surface area (Å²) in [4.78, 5) is 22.7. The third kappa shape index (κ3) is 39.5. The molecule has 0 rings (SSSR count). The molecule has 0 bridgehead atoms. The van der Waals surface area contributed by atoms with Gasteiger partial charge in [-0.3, -0.25) is 13.8 Å². The molecule has 5 N–H and O–H groups in total. The van der Waals surface area contributed by atoms with E-state index in [1.807, 2.05) is 0 Å². The van der Waals surface area contributed by atoms with Gasteiger partial charge in [-0.05, 0) is 12.8 Å². The number of rotatable bonds is 44. The van der Waals surface area contributed by atoms with Gasteiger partial charge in [0, 0.05) is 13.0 Å². The summed E-state index contributed by atoms with van der Waals surface area (Å²) in [6, 6.07) is -0.767. The average Bonchev–Trinajstić information content (AvgIpc) is 3.14. The Labute approximate surface area is 329 Å². The van der Waals surface area contributed by atoms with E-state index >= 15 is 0 Å². The van der Waals surface area contributed by atoms with Crippen molar-refractivity contribution in [3.8, 4) is 0 Å². The fourth-order valence-corrected chi connectivity index (χ4v) is 7.96. The van der Waals surface area contributed by atoms with Crippen LogP contribution in [0.1, 0.15) is 245 Å². The Morgan fingerprint density at radius 2 is 0.868 bits per heavy atom. The van der Waals surface area contributed by atoms with Crippen LogP contribution >= 0.6 is 7.82 Å². The van der Waals surface area contributed by atoms with Crippen LogP contribution < -0.4 is 11.1 Å². The number of phosphoric acid groups is 1. The summed E-state index contributed by atoms with van der Waals surface area (Å²) >= 11 is 0. The van der Waals surface area contributed by atoms with Crippen molar-refractivity contribution in [3.63, 3.8) is 0 Å². The quantitative estimate of drug-likeness (QED) is 0.0358. The number of aliphatic hydroxyl groups excluding tert-OH is 1. The molecule has 3 unspecified atom stereocenters. The monoisotopic (exact) mass is 775 g/mol. The third-order valence-corrected chi connectivity index (χ3v) is 11.7. The minimum absolute atomic E-state index is 0.0925. The predicted octanol–water partition coefficient (Wildman–Crippen LogP) is 13.0. The van der Waals surface area contributed by atoms with Crippen molar-refractivity contribution in [2.45, 2.75) is 257 Å². The Bertz CT molecular complexity index is 804. The summed E-state index contributed by atoms with van der Waals surface area (Å²) in [5.74, 6) is -0.156. The van der Waals surface area contributed by atoms with E-state index in [0.717, 1.165) is 38.5 Å². The van der Waals surface area contributed by atoms with E-state index in [2.05, 4.69) is 19.2 Å². The van der Waals surface area contributed by atoms with Crippen molar-refractivity contribution >= 4 is 13.7 Å². The molecule has 3 atom stereocenters. The van der Waals surface area contributed by atoms with Gasteiger partial charge in [0.15, 0.2) is 0 Å². The summed E-state index contributed by atoms with van der Waals surface area (Å²) in [5.41, 5.74) is 5.38. The molecule has 0 aliphatic carbocycles. The first-order valence-electron chi connectivity index (χ1n) is 23.2. The number of amides is 1. The standard InChI is InChI=1S/C44H91N2O6P/c1-3-5-7-9-11-13-15-17-18-19-20-21-22-23-24-25-26-28-30-32-34-36-38-44(48)46-42(41-52-53(49,50)51-40-39-45)43(47)37-35-33-31-29-27-16-14-12-10-8-6-4-2/h42-43,47H,3-41,45H2,1-2H3,(H,46,48)(H,49,50). The molecular weight excluding hydrogens is 683 g/mol. The maximum atomic E-state index is 12.8. The second-order valence-electron chi connectivity index (χ2n) is 16.0. The molecule has 0 radical (unpaired) electrons. The number of nitrogens with one attached hydrogen (secondary N) is 1. The lowest BCUT2D eigenvalue weighted by molar-refractivity contribution is -0.123. The van der Waals surface area contributed by atoms with Gasteiger partial charge in [0.25, 0.3) is 0 Å². The highest BCUT2D eigenvalue weighted by atomic mass is 31.2. The van der Waals surface area contributed by atoms with Crippen molar-refractivity contribution in [1.29, 1.82) is 0 Å². The average molecular weight is 775 g/mol. The first-order chi connectivity index (χ1) is 25.9. The van der Waals surface area contributed by atoms with Crippen LogP contribution in [0.5, 0.6) is 0 Å². The molecule has 53 heavy (non-hydrogen) atoms. The van der Waals surface area contributed by atoms with Gasteiger partial charge in [-0.15, -0.1) is 0 Å². The van der Waals surface area contributed by atoms with Crippen LogP contribution in [0.2, 0.25) is 0 Å².